The van der Waals surface area contributed by atoms with Crippen LogP contribution >= 0.6 is 0 Å². The number of hydrogen-bond donors (Lipinski definition) is 1. The summed E-state index contributed by atoms with van der Waals surface area (Å²) in [5.74, 6) is 1.24. The second-order valence-corrected chi connectivity index (χ2v) is 8.34. The topological polar surface area (TPSA) is 78.6 Å². The summed E-state index contributed by atoms with van der Waals surface area (Å²) in [4.78, 5) is 24.8. The lowest BCUT2D eigenvalue weighted by Gasteiger charge is -2.16. The molecule has 0 saturated heterocycles. The van der Waals surface area contributed by atoms with Gasteiger partial charge >= 0.3 is 0 Å². The molecule has 0 atom stereocenters. The molecule has 1 aliphatic heterocycles. The van der Waals surface area contributed by atoms with Gasteiger partial charge in [-0.3, -0.25) is 9.59 Å². The zero-order chi connectivity index (χ0) is 21.6. The second-order valence-electron chi connectivity index (χ2n) is 8.34. The molecule has 158 valence electrons. The molecule has 31 heavy (non-hydrogen) atoms. The number of carbonyl (C=O) groups excluding carboxylic acids is 2. The van der Waals surface area contributed by atoms with Gasteiger partial charge in [-0.1, -0.05) is 36.4 Å². The molecule has 3 aromatic carbocycles. The summed E-state index contributed by atoms with van der Waals surface area (Å²) in [6.07, 6.45) is 2.11. The van der Waals surface area contributed by atoms with Gasteiger partial charge in [0.15, 0.2) is 11.5 Å². The smallest absolute Gasteiger partial charge is 0.248 e. The maximum Gasteiger partial charge on any atom is 0.248 e. The first-order chi connectivity index (χ1) is 15.0. The number of fused-ring (bicyclic) bond motifs is 1. The van der Waals surface area contributed by atoms with Gasteiger partial charge in [0.2, 0.25) is 12.7 Å². The summed E-state index contributed by atoms with van der Waals surface area (Å²) in [5.41, 5.74) is 10.5. The predicted octanol–water partition coefficient (Wildman–Crippen LogP) is 4.58. The lowest BCUT2D eigenvalue weighted by Crippen LogP contribution is -2.22. The van der Waals surface area contributed by atoms with Crippen molar-refractivity contribution in [1.82, 2.24) is 0 Å². The van der Waals surface area contributed by atoms with Crippen molar-refractivity contribution >= 4 is 11.7 Å². The maximum absolute atomic E-state index is 13.3. The van der Waals surface area contributed by atoms with Crippen LogP contribution in [0.3, 0.4) is 0 Å². The van der Waals surface area contributed by atoms with Gasteiger partial charge in [-0.15, -0.1) is 0 Å². The van der Waals surface area contributed by atoms with Gasteiger partial charge in [0, 0.05) is 13.4 Å². The Morgan fingerprint density at radius 3 is 2.55 bits per heavy atom. The molecule has 5 rings (SSSR count). The third-order valence-electron chi connectivity index (χ3n) is 6.32. The Hall–Kier alpha value is -3.60. The third-order valence-corrected chi connectivity index (χ3v) is 6.32. The van der Waals surface area contributed by atoms with Crippen LogP contribution in [0.25, 0.3) is 11.1 Å². The lowest BCUT2D eigenvalue weighted by atomic mass is 9.87. The predicted molar refractivity (Wildman–Crippen MR) is 119 cm³/mol. The molecule has 3 aromatic rings. The van der Waals surface area contributed by atoms with Crippen LogP contribution in [0, 0.1) is 6.92 Å². The average molecular weight is 415 g/mol. The van der Waals surface area contributed by atoms with Crippen LogP contribution in [0.15, 0.2) is 60.7 Å². The van der Waals surface area contributed by atoms with E-state index in [0.29, 0.717) is 12.0 Å². The zero-order valence-electron chi connectivity index (χ0n) is 17.3. The summed E-state index contributed by atoms with van der Waals surface area (Å²) in [6.45, 7) is 2.25. The Labute approximate surface area is 182 Å². The fraction of sp³-hybridized carbons (Fsp3) is 0.231. The Bertz CT molecular complexity index is 1220. The van der Waals surface area contributed by atoms with Crippen molar-refractivity contribution < 1.29 is 20.5 Å². The molecule has 0 aromatic heterocycles. The summed E-state index contributed by atoms with van der Waals surface area (Å²) < 4.78 is 10.9. The number of ketones is 1. The van der Waals surface area contributed by atoms with Crippen molar-refractivity contribution in [3.63, 3.8) is 0 Å². The summed E-state index contributed by atoms with van der Waals surface area (Å²) in [6, 6.07) is 19.2. The highest BCUT2D eigenvalue weighted by Gasteiger charge is 2.50. The largest absolute Gasteiger partial charge is 0.454 e. The Balaban J connectivity index is 0.00000245. The molecule has 1 fully saturated rings. The number of ether oxygens (including phenoxy) is 2. The summed E-state index contributed by atoms with van der Waals surface area (Å²) >= 11 is 0. The highest BCUT2D eigenvalue weighted by molar-refractivity contribution is 5.95. The average Bonchev–Trinajstić information content (AvgIpc) is 3.45. The van der Waals surface area contributed by atoms with Crippen LogP contribution in [0.2, 0.25) is 0 Å². The minimum Gasteiger partial charge on any atom is -0.454 e. The van der Waals surface area contributed by atoms with Gasteiger partial charge in [0.1, 0.15) is 5.78 Å². The molecule has 1 amide bonds. The van der Waals surface area contributed by atoms with E-state index in [-0.39, 0.29) is 14.0 Å². The fourth-order valence-corrected chi connectivity index (χ4v) is 4.40. The first kappa shape index (κ1) is 19.4. The van der Waals surface area contributed by atoms with Crippen LogP contribution in [-0.2, 0) is 16.6 Å². The number of nitrogens with two attached hydrogens (primary N) is 1. The Kier molecular flexibility index (Phi) is 4.54. The molecule has 0 unspecified atom stereocenters. The molecular formula is C26H25NO4. The van der Waals surface area contributed by atoms with Gasteiger partial charge < -0.3 is 15.2 Å². The fourth-order valence-electron chi connectivity index (χ4n) is 4.40. The number of amides is 1. The van der Waals surface area contributed by atoms with Crippen molar-refractivity contribution in [2.75, 3.05) is 6.79 Å². The third kappa shape index (κ3) is 3.46. The quantitative estimate of drug-likeness (QED) is 0.639. The first-order valence-electron chi connectivity index (χ1n) is 10.4. The highest BCUT2D eigenvalue weighted by atomic mass is 16.7. The van der Waals surface area contributed by atoms with Gasteiger partial charge in [-0.2, -0.15) is 0 Å². The Morgan fingerprint density at radius 2 is 1.81 bits per heavy atom. The lowest BCUT2D eigenvalue weighted by molar-refractivity contribution is -0.120. The molecule has 1 saturated carbocycles. The van der Waals surface area contributed by atoms with E-state index in [1.54, 1.807) is 12.1 Å². The molecule has 5 nitrogen and oxygen atoms in total. The van der Waals surface area contributed by atoms with Crippen molar-refractivity contribution in [1.29, 1.82) is 0 Å². The van der Waals surface area contributed by atoms with Crippen LogP contribution in [0.4, 0.5) is 0 Å². The molecular weight excluding hydrogens is 390 g/mol. The second kappa shape index (κ2) is 7.27. The number of Topliss-reactive ketones (excluding diaryl/α,β-unsaturated/α-hetero) is 1. The van der Waals surface area contributed by atoms with Crippen LogP contribution in [0.1, 0.15) is 41.3 Å². The maximum atomic E-state index is 13.3. The highest BCUT2D eigenvalue weighted by Crippen LogP contribution is 2.51. The van der Waals surface area contributed by atoms with Crippen molar-refractivity contribution in [2.45, 2.75) is 31.6 Å². The normalized spacial score (nSPS) is 15.5. The number of rotatable bonds is 6. The van der Waals surface area contributed by atoms with E-state index in [0.717, 1.165) is 52.2 Å². The number of aryl methyl sites for hydroxylation is 1. The van der Waals surface area contributed by atoms with Crippen LogP contribution in [0.5, 0.6) is 11.5 Å². The minimum absolute atomic E-state index is 0. The number of benzene rings is 3. The zero-order valence-corrected chi connectivity index (χ0v) is 17.3. The number of carbonyl (C=O) groups is 2. The molecule has 2 N–H and O–H groups in total. The number of primary amides is 1. The summed E-state index contributed by atoms with van der Waals surface area (Å²) in [5, 5.41) is 0. The van der Waals surface area contributed by atoms with E-state index in [4.69, 9.17) is 15.2 Å². The van der Waals surface area contributed by atoms with Gasteiger partial charge in [-0.05, 0) is 71.8 Å². The monoisotopic (exact) mass is 415 g/mol. The minimum atomic E-state index is -0.444. The van der Waals surface area contributed by atoms with E-state index in [1.807, 2.05) is 49.4 Å². The van der Waals surface area contributed by atoms with E-state index in [1.165, 1.54) is 0 Å². The van der Waals surface area contributed by atoms with Gasteiger partial charge in [-0.25, -0.2) is 0 Å². The standard InChI is InChI=1S/C26H23NO4.H2/c1-16-11-17(5-7-21(16)18-3-2-4-19(13-18)25(27)29)12-24(28)26(9-10-26)20-6-8-22-23(14-20)31-15-30-22;/h2-8,11,13-14H,9-10,12,15H2,1H3,(H2,27,29);1H. The SMILES string of the molecule is Cc1cc(CC(=O)C2(c3ccc4c(c3)OCO4)CC2)ccc1-c1cccc(C(N)=O)c1.[HH]. The van der Waals surface area contributed by atoms with Crippen LogP contribution in [-0.4, -0.2) is 18.5 Å². The molecule has 5 heteroatoms. The molecule has 0 bridgehead atoms. The van der Waals surface area contributed by atoms with Gasteiger partial charge in [0.05, 0.1) is 5.41 Å². The van der Waals surface area contributed by atoms with E-state index in [9.17, 15) is 9.59 Å². The molecule has 2 aliphatic rings. The Morgan fingerprint density at radius 1 is 1.00 bits per heavy atom. The van der Waals surface area contributed by atoms with E-state index >= 15 is 0 Å². The molecule has 1 aliphatic carbocycles. The van der Waals surface area contributed by atoms with Crippen LogP contribution < -0.4 is 15.2 Å². The molecule has 0 radical (unpaired) electrons. The number of hydrogen-bond acceptors (Lipinski definition) is 4. The van der Waals surface area contributed by atoms with Crippen molar-refractivity contribution in [3.8, 4) is 22.6 Å². The summed E-state index contributed by atoms with van der Waals surface area (Å²) in [7, 11) is 0. The van der Waals surface area contributed by atoms with E-state index in [2.05, 4.69) is 6.07 Å². The van der Waals surface area contributed by atoms with E-state index < -0.39 is 11.3 Å². The first-order valence-corrected chi connectivity index (χ1v) is 10.4. The van der Waals surface area contributed by atoms with Gasteiger partial charge in [0.25, 0.3) is 0 Å². The van der Waals surface area contributed by atoms with Crippen molar-refractivity contribution in [2.24, 2.45) is 5.73 Å². The molecule has 1 heterocycles. The van der Waals surface area contributed by atoms with Crippen molar-refractivity contribution in [3.05, 3.63) is 82.9 Å². The molecule has 0 spiro atoms.